The molecule has 20 heteroatoms. The monoisotopic (exact) mass is 951 g/mol. The number of phenols is 1. The number of nitrogens with zero attached hydrogens (tertiary/aromatic N) is 2. The summed E-state index contributed by atoms with van der Waals surface area (Å²) in [7, 11) is 0. The number of rotatable bonds is 14. The predicted octanol–water partition coefficient (Wildman–Crippen LogP) is -0.232. The number of nitrogens with one attached hydrogen (secondary N) is 5. The van der Waals surface area contributed by atoms with Crippen LogP contribution in [0.2, 0.25) is 0 Å². The second-order valence-corrected chi connectivity index (χ2v) is 18.3. The maximum Gasteiger partial charge on any atom is 0.251 e. The van der Waals surface area contributed by atoms with E-state index >= 15 is 0 Å². The van der Waals surface area contributed by atoms with Crippen LogP contribution in [0.15, 0.2) is 48.5 Å². The molecule has 20 nitrogen and oxygen atoms in total. The van der Waals surface area contributed by atoms with Gasteiger partial charge in [0.2, 0.25) is 35.4 Å². The van der Waals surface area contributed by atoms with E-state index < -0.39 is 108 Å². The average molecular weight is 952 g/mol. The van der Waals surface area contributed by atoms with Crippen molar-refractivity contribution in [1.82, 2.24) is 36.4 Å². The number of phenolic OH excluding ortho intramolecular Hbond substituents is 1. The maximum absolute atomic E-state index is 14.3. The number of benzene rings is 2. The molecular weight excluding hydrogens is 883 g/mol. The molecule has 3 saturated heterocycles. The van der Waals surface area contributed by atoms with Gasteiger partial charge in [-0.3, -0.25) is 33.6 Å². The number of aliphatic hydroxyl groups is 4. The van der Waals surface area contributed by atoms with Crippen LogP contribution in [0, 0.1) is 5.92 Å². The topological polar surface area (TPSA) is 296 Å². The van der Waals surface area contributed by atoms with Gasteiger partial charge in [0.25, 0.3) is 5.91 Å². The van der Waals surface area contributed by atoms with E-state index in [-0.39, 0.29) is 56.6 Å². The Bertz CT molecular complexity index is 2050. The molecule has 3 heterocycles. The molecule has 68 heavy (non-hydrogen) atoms. The van der Waals surface area contributed by atoms with Crippen LogP contribution in [-0.4, -0.2) is 164 Å². The van der Waals surface area contributed by atoms with Crippen LogP contribution in [0.4, 0.5) is 0 Å². The minimum absolute atomic E-state index is 0.0459. The lowest BCUT2D eigenvalue weighted by Gasteiger charge is -2.32. The van der Waals surface area contributed by atoms with Crippen molar-refractivity contribution in [2.24, 2.45) is 5.92 Å². The predicted molar refractivity (Wildman–Crippen MR) is 247 cm³/mol. The quantitative estimate of drug-likeness (QED) is 0.110. The second kappa shape index (κ2) is 25.0. The summed E-state index contributed by atoms with van der Waals surface area (Å²) in [5.41, 5.74) is 0.634. The maximum atomic E-state index is 14.3. The van der Waals surface area contributed by atoms with Gasteiger partial charge >= 0.3 is 0 Å². The Morgan fingerprint density at radius 3 is 2.04 bits per heavy atom. The first-order valence-electron chi connectivity index (χ1n) is 23.7. The molecule has 2 aromatic carbocycles. The molecule has 0 saturated carbocycles. The number of fused-ring (bicyclic) bond motifs is 2. The molecule has 0 radical (unpaired) electrons. The Labute approximate surface area is 396 Å². The van der Waals surface area contributed by atoms with Crippen molar-refractivity contribution in [3.8, 4) is 11.5 Å². The highest BCUT2D eigenvalue weighted by atomic mass is 16.5. The van der Waals surface area contributed by atoms with Crippen LogP contribution in [0.1, 0.15) is 101 Å². The summed E-state index contributed by atoms with van der Waals surface area (Å²) in [6.07, 6.45) is 0.327. The van der Waals surface area contributed by atoms with Crippen LogP contribution >= 0.6 is 0 Å². The van der Waals surface area contributed by atoms with Crippen molar-refractivity contribution in [3.05, 3.63) is 59.7 Å². The lowest BCUT2D eigenvalue weighted by atomic mass is 10.0. The first kappa shape index (κ1) is 53.1. The largest absolute Gasteiger partial charge is 0.508 e. The SMILES string of the molecule is CCCCCCCCOc1ccc(C(=O)N[C@H]2CCCNC(=O)[C@@H]3[C@@H](O)[C@@H](C)CN3C(=O)[C@H]([C@@H](C)O)NC(=O)[C@H](Cc3ccc(O)cc3)NC(=O)[C@@H]3C[C@@H](O)CN3C(=O)[C@H]([C@@H](C)O)NC2=O)cc1. The van der Waals surface area contributed by atoms with Gasteiger partial charge in [-0.2, -0.15) is 0 Å². The molecule has 374 valence electrons. The number of hydrogen-bond acceptors (Lipinski definition) is 13. The van der Waals surface area contributed by atoms with Gasteiger partial charge in [0, 0.05) is 44.0 Å². The van der Waals surface area contributed by atoms with Gasteiger partial charge in [0.1, 0.15) is 47.8 Å². The first-order chi connectivity index (χ1) is 32.4. The highest BCUT2D eigenvalue weighted by Gasteiger charge is 2.48. The molecule has 0 bridgehead atoms. The number of ether oxygens (including phenoxy) is 1. The highest BCUT2D eigenvalue weighted by molar-refractivity contribution is 6.00. The lowest BCUT2D eigenvalue weighted by Crippen LogP contribution is -2.62. The third-order valence-corrected chi connectivity index (χ3v) is 12.7. The molecule has 7 amide bonds. The summed E-state index contributed by atoms with van der Waals surface area (Å²) in [5.74, 6) is -6.13. The van der Waals surface area contributed by atoms with Crippen molar-refractivity contribution in [3.63, 3.8) is 0 Å². The van der Waals surface area contributed by atoms with Gasteiger partial charge in [-0.15, -0.1) is 0 Å². The van der Waals surface area contributed by atoms with E-state index in [2.05, 4.69) is 33.5 Å². The van der Waals surface area contributed by atoms with Crippen LogP contribution in [0.3, 0.4) is 0 Å². The Kier molecular flexibility index (Phi) is 19.5. The Hall–Kier alpha value is -5.83. The third-order valence-electron chi connectivity index (χ3n) is 12.7. The molecular formula is C48H69N7O13. The number of carbonyl (C=O) groups excluding carboxylic acids is 7. The Morgan fingerprint density at radius 1 is 0.779 bits per heavy atom. The number of unbranched alkanes of at least 4 members (excludes halogenated alkanes) is 5. The molecule has 0 aliphatic carbocycles. The molecule has 5 rings (SSSR count). The van der Waals surface area contributed by atoms with Crippen LogP contribution in [-0.2, 0) is 35.2 Å². The van der Waals surface area contributed by atoms with E-state index in [9.17, 15) is 59.1 Å². The van der Waals surface area contributed by atoms with E-state index in [1.54, 1.807) is 19.1 Å². The summed E-state index contributed by atoms with van der Waals surface area (Å²) in [6, 6.07) is 2.95. The normalized spacial score (nSPS) is 27.7. The number of hydrogen-bond donors (Lipinski definition) is 10. The Balaban J connectivity index is 1.44. The molecule has 10 N–H and O–H groups in total. The van der Waals surface area contributed by atoms with E-state index in [1.807, 2.05) is 0 Å². The molecule has 0 unspecified atom stereocenters. The van der Waals surface area contributed by atoms with Crippen LogP contribution < -0.4 is 31.3 Å². The molecule has 3 fully saturated rings. The van der Waals surface area contributed by atoms with Gasteiger partial charge in [0.15, 0.2) is 0 Å². The summed E-state index contributed by atoms with van der Waals surface area (Å²) in [5, 5.41) is 66.7. The number of carbonyl (C=O) groups is 7. The van der Waals surface area contributed by atoms with Crippen LogP contribution in [0.5, 0.6) is 11.5 Å². The standard InChI is InChI=1S/C48H69N7O13/c1-5-6-7-8-9-10-22-68-34-19-15-31(16-20-34)42(61)50-35-12-11-21-49-46(65)40-41(60)27(2)25-55(40)48(67)39(29(4)57)53-44(63)36(23-30-13-17-32(58)18-14-30)51-45(64)37-24-33(59)26-54(37)47(66)38(28(3)56)52-43(35)62/h13-20,27-29,33,35-41,56-60H,5-12,21-26H2,1-4H3,(H,49,65)(H,50,61)(H,51,64)(H,52,62)(H,53,63)/t27-,28+,29+,33+,35-,36-,37-,38-,39-,40-,41-/m0/s1. The van der Waals surface area contributed by atoms with Gasteiger partial charge < -0.3 is 66.7 Å². The molecule has 3 aliphatic heterocycles. The lowest BCUT2D eigenvalue weighted by molar-refractivity contribution is -0.146. The minimum atomic E-state index is -1.69. The fourth-order valence-electron chi connectivity index (χ4n) is 8.75. The van der Waals surface area contributed by atoms with Crippen molar-refractivity contribution in [2.75, 3.05) is 26.2 Å². The summed E-state index contributed by atoms with van der Waals surface area (Å²) in [6.45, 7) is 6.16. The molecule has 0 aromatic heterocycles. The third kappa shape index (κ3) is 14.1. The summed E-state index contributed by atoms with van der Waals surface area (Å²) >= 11 is 0. The van der Waals surface area contributed by atoms with E-state index in [4.69, 9.17) is 4.74 Å². The molecule has 3 aliphatic rings. The van der Waals surface area contributed by atoms with E-state index in [0.717, 1.165) is 35.5 Å². The zero-order valence-electron chi connectivity index (χ0n) is 39.3. The number of amides is 7. The van der Waals surface area contributed by atoms with Crippen LogP contribution in [0.25, 0.3) is 0 Å². The van der Waals surface area contributed by atoms with Crippen molar-refractivity contribution in [1.29, 1.82) is 0 Å². The highest BCUT2D eigenvalue weighted by Crippen LogP contribution is 2.26. The van der Waals surface area contributed by atoms with E-state index in [0.29, 0.717) is 17.9 Å². The molecule has 2 aromatic rings. The second-order valence-electron chi connectivity index (χ2n) is 18.3. The Morgan fingerprint density at radius 2 is 1.40 bits per heavy atom. The minimum Gasteiger partial charge on any atom is -0.508 e. The first-order valence-corrected chi connectivity index (χ1v) is 23.7. The van der Waals surface area contributed by atoms with Gasteiger partial charge in [-0.25, -0.2) is 0 Å². The number of aromatic hydroxyl groups is 1. The van der Waals surface area contributed by atoms with Gasteiger partial charge in [-0.05, 0) is 75.1 Å². The van der Waals surface area contributed by atoms with Gasteiger partial charge in [0.05, 0.1) is 31.0 Å². The fraction of sp³-hybridized carbons (Fsp3) is 0.604. The summed E-state index contributed by atoms with van der Waals surface area (Å²) < 4.78 is 5.85. The molecule has 0 spiro atoms. The molecule has 11 atom stereocenters. The van der Waals surface area contributed by atoms with Crippen molar-refractivity contribution < 1.29 is 63.8 Å². The van der Waals surface area contributed by atoms with Gasteiger partial charge in [-0.1, -0.05) is 58.1 Å². The zero-order chi connectivity index (χ0) is 49.7. The van der Waals surface area contributed by atoms with Crippen molar-refractivity contribution in [2.45, 2.75) is 153 Å². The average Bonchev–Trinajstić information content (AvgIpc) is 3.85. The summed E-state index contributed by atoms with van der Waals surface area (Å²) in [4.78, 5) is 101. The number of aliphatic hydroxyl groups excluding tert-OH is 4. The smallest absolute Gasteiger partial charge is 0.251 e. The van der Waals surface area contributed by atoms with Crippen molar-refractivity contribution >= 4 is 41.4 Å². The fourth-order valence-corrected chi connectivity index (χ4v) is 8.75. The zero-order valence-corrected chi connectivity index (χ0v) is 39.3. The van der Waals surface area contributed by atoms with E-state index in [1.165, 1.54) is 63.1 Å².